The third kappa shape index (κ3) is 4.19. The van der Waals surface area contributed by atoms with E-state index in [-0.39, 0.29) is 0 Å². The third-order valence-electron chi connectivity index (χ3n) is 4.91. The first-order valence-corrected chi connectivity index (χ1v) is 10.3. The van der Waals surface area contributed by atoms with Crippen molar-refractivity contribution in [3.05, 3.63) is 41.3 Å². The van der Waals surface area contributed by atoms with Crippen molar-refractivity contribution in [2.24, 2.45) is 5.84 Å². The predicted molar refractivity (Wildman–Crippen MR) is 115 cm³/mol. The normalized spacial score (nSPS) is 14.4. The highest BCUT2D eigenvalue weighted by molar-refractivity contribution is 7.15. The van der Waals surface area contributed by atoms with Gasteiger partial charge in [0.1, 0.15) is 16.7 Å². The third-order valence-corrected chi connectivity index (χ3v) is 5.93. The Kier molecular flexibility index (Phi) is 5.67. The summed E-state index contributed by atoms with van der Waals surface area (Å²) in [6, 6.07) is 13.6. The number of aromatic nitrogens is 2. The fourth-order valence-corrected chi connectivity index (χ4v) is 4.14. The molecule has 0 aliphatic carbocycles. The van der Waals surface area contributed by atoms with Gasteiger partial charge in [-0.05, 0) is 37.1 Å². The molecule has 8 nitrogen and oxygen atoms in total. The maximum atomic E-state index is 8.99. The van der Waals surface area contributed by atoms with Crippen molar-refractivity contribution >= 4 is 28.5 Å². The van der Waals surface area contributed by atoms with Crippen molar-refractivity contribution in [3.63, 3.8) is 0 Å². The number of nitrogens with zero attached hydrogens (tertiary/aromatic N) is 4. The summed E-state index contributed by atoms with van der Waals surface area (Å²) in [4.78, 5) is 1.63. The first-order chi connectivity index (χ1) is 14.2. The molecule has 1 aliphatic heterocycles. The molecule has 0 saturated carbocycles. The molecule has 1 aromatic carbocycles. The number of H-pyrrole nitrogens is 1. The number of thiophene rings is 1. The largest absolute Gasteiger partial charge is 0.494 e. The average Bonchev–Trinajstić information content (AvgIpc) is 3.43. The van der Waals surface area contributed by atoms with Crippen LogP contribution < -0.4 is 21.0 Å². The fourth-order valence-electron chi connectivity index (χ4n) is 3.37. The Balaban J connectivity index is 1.51. The molecule has 0 bridgehead atoms. The van der Waals surface area contributed by atoms with Gasteiger partial charge >= 0.3 is 0 Å². The van der Waals surface area contributed by atoms with Crippen molar-refractivity contribution < 1.29 is 4.74 Å². The molecule has 0 spiro atoms. The summed E-state index contributed by atoms with van der Waals surface area (Å²) in [6.07, 6.45) is 3.57. The zero-order chi connectivity index (χ0) is 20.2. The van der Waals surface area contributed by atoms with Crippen LogP contribution >= 0.6 is 11.3 Å². The van der Waals surface area contributed by atoms with E-state index in [2.05, 4.69) is 26.6 Å². The smallest absolute Gasteiger partial charge is 0.152 e. The van der Waals surface area contributed by atoms with Crippen molar-refractivity contribution in [3.8, 4) is 22.4 Å². The van der Waals surface area contributed by atoms with Gasteiger partial charge < -0.3 is 10.1 Å². The van der Waals surface area contributed by atoms with Crippen molar-refractivity contribution in [2.75, 3.05) is 30.6 Å². The highest BCUT2D eigenvalue weighted by Gasteiger charge is 2.18. The monoisotopic (exact) mass is 409 g/mol. The van der Waals surface area contributed by atoms with Crippen molar-refractivity contribution in [1.29, 1.82) is 5.26 Å². The van der Waals surface area contributed by atoms with Gasteiger partial charge in [-0.25, -0.2) is 16.0 Å². The highest BCUT2D eigenvalue weighted by Crippen LogP contribution is 2.33. The molecule has 1 aliphatic rings. The molecular weight excluding hydrogens is 386 g/mol. The molecule has 0 radical (unpaired) electrons. The number of nitriles is 1. The number of rotatable bonds is 6. The molecule has 29 heavy (non-hydrogen) atoms. The molecule has 2 aromatic heterocycles. The molecule has 0 atom stereocenters. The molecule has 4 N–H and O–H groups in total. The summed E-state index contributed by atoms with van der Waals surface area (Å²) in [5, 5.41) is 23.5. The van der Waals surface area contributed by atoms with Gasteiger partial charge in [-0.1, -0.05) is 6.42 Å². The van der Waals surface area contributed by atoms with Crippen LogP contribution in [0.15, 0.2) is 36.4 Å². The minimum Gasteiger partial charge on any atom is -0.494 e. The molecule has 150 valence electrons. The van der Waals surface area contributed by atoms with Crippen LogP contribution in [0.3, 0.4) is 0 Å². The van der Waals surface area contributed by atoms with E-state index in [9.17, 15) is 0 Å². The topological polar surface area (TPSA) is 106 Å². The van der Waals surface area contributed by atoms with Crippen LogP contribution in [-0.4, -0.2) is 35.4 Å². The Morgan fingerprint density at radius 3 is 2.79 bits per heavy atom. The Morgan fingerprint density at radius 1 is 1.24 bits per heavy atom. The minimum atomic E-state index is 0.665. The van der Waals surface area contributed by atoms with Gasteiger partial charge in [0.2, 0.25) is 0 Å². The summed E-state index contributed by atoms with van der Waals surface area (Å²) in [5.41, 5.74) is 2.53. The Labute approximate surface area is 173 Å². The number of hydrogen-bond acceptors (Lipinski definition) is 8. The fraction of sp³-hybridized carbons (Fsp3) is 0.300. The number of nitrogens with two attached hydrogens (primary N) is 1. The van der Waals surface area contributed by atoms with Crippen LogP contribution in [0.1, 0.15) is 24.1 Å². The highest BCUT2D eigenvalue weighted by atomic mass is 32.1. The lowest BCUT2D eigenvalue weighted by atomic mass is 10.2. The Hall–Kier alpha value is -3.06. The predicted octanol–water partition coefficient (Wildman–Crippen LogP) is 3.84. The second kappa shape index (κ2) is 8.53. The number of aromatic amines is 1. The quantitative estimate of drug-likeness (QED) is 0.419. The number of hydrazine groups is 2. The van der Waals surface area contributed by atoms with Gasteiger partial charge in [-0.3, -0.25) is 5.10 Å². The summed E-state index contributed by atoms with van der Waals surface area (Å²) in [6.45, 7) is 1.93. The van der Waals surface area contributed by atoms with Crippen LogP contribution in [-0.2, 0) is 0 Å². The number of nitrogens with one attached hydrogen (secondary N) is 2. The summed E-state index contributed by atoms with van der Waals surface area (Å²) >= 11 is 1.42. The van der Waals surface area contributed by atoms with Crippen molar-refractivity contribution in [1.82, 2.24) is 15.2 Å². The molecular formula is C20H23N7OS. The molecule has 1 saturated heterocycles. The lowest BCUT2D eigenvalue weighted by Crippen LogP contribution is -2.50. The number of hydrogen-bond donors (Lipinski definition) is 3. The van der Waals surface area contributed by atoms with E-state index in [0.29, 0.717) is 16.4 Å². The van der Waals surface area contributed by atoms with E-state index >= 15 is 0 Å². The standard InChI is InChI=1S/C20H23N7OS/c1-28-18-11-14(27(22)26-9-3-2-4-10-26)5-7-16(18)23-20-12-17(24-25-20)19-8-6-15(13-21)29-19/h5-8,11-12H,2-4,9-10,22H2,1H3,(H2,23,24,25). The number of benzene rings is 1. The van der Waals surface area contributed by atoms with Gasteiger partial charge in [0.25, 0.3) is 0 Å². The van der Waals surface area contributed by atoms with Gasteiger partial charge in [0, 0.05) is 25.2 Å². The number of methoxy groups -OCH3 is 1. The van der Waals surface area contributed by atoms with Gasteiger partial charge in [0.05, 0.1) is 29.1 Å². The lowest BCUT2D eigenvalue weighted by Gasteiger charge is -2.35. The lowest BCUT2D eigenvalue weighted by molar-refractivity contribution is 0.209. The zero-order valence-electron chi connectivity index (χ0n) is 16.2. The maximum absolute atomic E-state index is 8.99. The molecule has 3 heterocycles. The summed E-state index contributed by atoms with van der Waals surface area (Å²) < 4.78 is 5.57. The second-order valence-corrected chi connectivity index (χ2v) is 7.89. The van der Waals surface area contributed by atoms with Crippen molar-refractivity contribution in [2.45, 2.75) is 19.3 Å². The molecule has 0 amide bonds. The minimum absolute atomic E-state index is 0.665. The number of ether oxygens (including phenoxy) is 1. The van der Waals surface area contributed by atoms with Crippen LogP contribution in [0.4, 0.5) is 17.2 Å². The van der Waals surface area contributed by atoms with Crippen LogP contribution in [0.25, 0.3) is 10.6 Å². The van der Waals surface area contributed by atoms with Gasteiger partial charge in [0.15, 0.2) is 5.82 Å². The van der Waals surface area contributed by atoms with E-state index in [0.717, 1.165) is 47.9 Å². The van der Waals surface area contributed by atoms with E-state index in [1.807, 2.05) is 30.3 Å². The summed E-state index contributed by atoms with van der Waals surface area (Å²) in [5.74, 6) is 7.67. The SMILES string of the molecule is COc1cc(N(N)N2CCCCC2)ccc1Nc1cc(-c2ccc(C#N)s2)[nH]n1. The van der Waals surface area contributed by atoms with E-state index < -0.39 is 0 Å². The molecule has 3 aromatic rings. The Morgan fingerprint density at radius 2 is 2.07 bits per heavy atom. The number of piperidine rings is 1. The molecule has 4 rings (SSSR count). The molecule has 0 unspecified atom stereocenters. The zero-order valence-corrected chi connectivity index (χ0v) is 17.0. The van der Waals surface area contributed by atoms with Gasteiger partial charge in [-0.2, -0.15) is 10.4 Å². The van der Waals surface area contributed by atoms with Crippen LogP contribution in [0.2, 0.25) is 0 Å². The van der Waals surface area contributed by atoms with Crippen LogP contribution in [0, 0.1) is 11.3 Å². The average molecular weight is 410 g/mol. The Bertz CT molecular complexity index is 1020. The molecule has 9 heteroatoms. The first kappa shape index (κ1) is 19.3. The van der Waals surface area contributed by atoms with Gasteiger partial charge in [-0.15, -0.1) is 11.3 Å². The van der Waals surface area contributed by atoms with E-state index in [1.165, 1.54) is 17.8 Å². The number of anilines is 3. The summed E-state index contributed by atoms with van der Waals surface area (Å²) in [7, 11) is 1.64. The maximum Gasteiger partial charge on any atom is 0.152 e. The molecule has 1 fully saturated rings. The second-order valence-electron chi connectivity index (χ2n) is 6.81. The van der Waals surface area contributed by atoms with Crippen LogP contribution in [0.5, 0.6) is 5.75 Å². The van der Waals surface area contributed by atoms with E-state index in [1.54, 1.807) is 18.3 Å². The first-order valence-electron chi connectivity index (χ1n) is 9.48. The van der Waals surface area contributed by atoms with E-state index in [4.69, 9.17) is 15.8 Å².